The molecule has 0 aromatic carbocycles. The number of hydrogen-bond donors (Lipinski definition) is 0. The molecule has 1 saturated carbocycles. The Kier molecular flexibility index (Phi) is 7.99. The second kappa shape index (κ2) is 9.74. The summed E-state index contributed by atoms with van der Waals surface area (Å²) >= 11 is 0. The molecule has 24 heavy (non-hydrogen) atoms. The minimum atomic E-state index is -2.90. The Bertz CT molecular complexity index is 466. The Morgan fingerprint density at radius 3 is 2.33 bits per heavy atom. The lowest BCUT2D eigenvalue weighted by molar-refractivity contribution is -0.149. The van der Waals surface area contributed by atoms with Crippen LogP contribution in [0.2, 0.25) is 0 Å². The van der Waals surface area contributed by atoms with Crippen LogP contribution in [0.15, 0.2) is 12.2 Å². The summed E-state index contributed by atoms with van der Waals surface area (Å²) in [7, 11) is -2.90. The second-order valence-corrected chi connectivity index (χ2v) is 8.82. The van der Waals surface area contributed by atoms with Crippen molar-refractivity contribution in [3.8, 4) is 0 Å². The van der Waals surface area contributed by atoms with Gasteiger partial charge >= 0.3 is 13.6 Å². The van der Waals surface area contributed by atoms with Crippen molar-refractivity contribution in [1.82, 2.24) is 0 Å². The molecule has 6 heteroatoms. The predicted molar refractivity (Wildman–Crippen MR) is 94.0 cm³/mol. The summed E-state index contributed by atoms with van der Waals surface area (Å²) in [6.45, 7) is 4.96. The maximum Gasteiger partial charge on any atom is 0.330 e. The van der Waals surface area contributed by atoms with Gasteiger partial charge in [0.2, 0.25) is 0 Å². The summed E-state index contributed by atoms with van der Waals surface area (Å²) < 4.78 is 28.2. The van der Waals surface area contributed by atoms with Gasteiger partial charge in [0, 0.05) is 0 Å². The van der Waals surface area contributed by atoms with Crippen molar-refractivity contribution in [2.24, 2.45) is 17.8 Å². The van der Waals surface area contributed by atoms with Gasteiger partial charge in [-0.2, -0.15) is 0 Å². The number of rotatable bonds is 12. The third-order valence-electron chi connectivity index (χ3n) is 4.80. The van der Waals surface area contributed by atoms with Gasteiger partial charge in [0.25, 0.3) is 0 Å². The molecule has 3 atom stereocenters. The number of carbonyl (C=O) groups is 1. The van der Waals surface area contributed by atoms with Crippen molar-refractivity contribution >= 4 is 13.6 Å². The Labute approximate surface area is 145 Å². The number of fused-ring (bicyclic) bond motifs is 2. The Morgan fingerprint density at radius 1 is 1.04 bits per heavy atom. The predicted octanol–water partition coefficient (Wildman–Crippen LogP) is 4.57. The molecule has 0 aromatic heterocycles. The van der Waals surface area contributed by atoms with Crippen molar-refractivity contribution in [2.75, 3.05) is 26.0 Å². The molecule has 0 saturated heterocycles. The summed E-state index contributed by atoms with van der Waals surface area (Å²) in [4.78, 5) is 12.1. The summed E-state index contributed by atoms with van der Waals surface area (Å²) in [6.07, 6.45) is 10.5. The zero-order chi connectivity index (χ0) is 17.4. The largest absolute Gasteiger partial charge is 0.465 e. The fourth-order valence-corrected chi connectivity index (χ4v) is 5.38. The summed E-state index contributed by atoms with van der Waals surface area (Å²) in [5.74, 6) is 1.07. The maximum atomic E-state index is 12.3. The molecule has 0 N–H and O–H groups in total. The molecule has 1 fully saturated rings. The van der Waals surface area contributed by atoms with Gasteiger partial charge in [-0.25, -0.2) is 0 Å². The van der Waals surface area contributed by atoms with Crippen molar-refractivity contribution in [3.63, 3.8) is 0 Å². The molecular weight excluding hydrogens is 327 g/mol. The third-order valence-corrected chi connectivity index (χ3v) is 6.97. The molecule has 5 nitrogen and oxygen atoms in total. The van der Waals surface area contributed by atoms with Crippen LogP contribution in [0, 0.1) is 17.8 Å². The van der Waals surface area contributed by atoms with Gasteiger partial charge < -0.3 is 13.8 Å². The standard InChI is InChI=1S/C18H31O5P/c1-3-22-24(20,23-4-2)12-8-6-5-7-11-21-18(19)17-14-15-9-10-16(17)13-15/h9-10,15-17H,3-8,11-14H2,1-2H3/t15-,16?,17?/m1/s1. The van der Waals surface area contributed by atoms with Gasteiger partial charge in [-0.3, -0.25) is 9.36 Å². The minimum absolute atomic E-state index is 0.0240. The minimum Gasteiger partial charge on any atom is -0.465 e. The molecule has 2 aliphatic carbocycles. The van der Waals surface area contributed by atoms with Crippen LogP contribution in [-0.4, -0.2) is 32.0 Å². The first-order valence-corrected chi connectivity index (χ1v) is 11.0. The third kappa shape index (κ3) is 5.72. The van der Waals surface area contributed by atoms with E-state index in [-0.39, 0.29) is 11.9 Å². The molecule has 2 unspecified atom stereocenters. The van der Waals surface area contributed by atoms with Crippen LogP contribution < -0.4 is 0 Å². The lowest BCUT2D eigenvalue weighted by Crippen LogP contribution is -2.21. The van der Waals surface area contributed by atoms with Gasteiger partial charge in [-0.05, 0) is 51.4 Å². The highest BCUT2D eigenvalue weighted by atomic mass is 31.2. The number of unbranched alkanes of at least 4 members (excludes halogenated alkanes) is 3. The van der Waals surface area contributed by atoms with Crippen molar-refractivity contribution in [2.45, 2.75) is 52.4 Å². The summed E-state index contributed by atoms with van der Waals surface area (Å²) in [5, 5.41) is 0. The van der Waals surface area contributed by atoms with Gasteiger partial charge in [-0.15, -0.1) is 0 Å². The molecular formula is C18H31O5P. The highest BCUT2D eigenvalue weighted by Crippen LogP contribution is 2.48. The van der Waals surface area contributed by atoms with E-state index in [9.17, 15) is 9.36 Å². The molecule has 0 aromatic rings. The summed E-state index contributed by atoms with van der Waals surface area (Å²) in [6, 6.07) is 0. The van der Waals surface area contributed by atoms with Gasteiger partial charge in [0.1, 0.15) is 0 Å². The Hall–Kier alpha value is -0.640. The average Bonchev–Trinajstić information content (AvgIpc) is 3.17. The average molecular weight is 358 g/mol. The van der Waals surface area contributed by atoms with E-state index < -0.39 is 7.60 Å². The quantitative estimate of drug-likeness (QED) is 0.221. The van der Waals surface area contributed by atoms with Crippen LogP contribution in [0.1, 0.15) is 52.4 Å². The fourth-order valence-electron chi connectivity index (χ4n) is 3.65. The second-order valence-electron chi connectivity index (χ2n) is 6.64. The molecule has 0 heterocycles. The normalized spacial score (nSPS) is 25.3. The lowest BCUT2D eigenvalue weighted by atomic mass is 9.94. The van der Waals surface area contributed by atoms with Crippen LogP contribution in [-0.2, 0) is 23.1 Å². The van der Waals surface area contributed by atoms with Crippen LogP contribution in [0.5, 0.6) is 0 Å². The van der Waals surface area contributed by atoms with E-state index in [2.05, 4.69) is 12.2 Å². The first-order chi connectivity index (χ1) is 11.6. The topological polar surface area (TPSA) is 61.8 Å². The number of ether oxygens (including phenoxy) is 1. The smallest absolute Gasteiger partial charge is 0.330 e. The number of allylic oxidation sites excluding steroid dienone is 2. The Balaban J connectivity index is 1.51. The van der Waals surface area contributed by atoms with E-state index in [0.717, 1.165) is 38.5 Å². The van der Waals surface area contributed by atoms with Crippen LogP contribution in [0.4, 0.5) is 0 Å². The van der Waals surface area contributed by atoms with E-state index in [1.54, 1.807) is 0 Å². The molecule has 138 valence electrons. The fraction of sp³-hybridized carbons (Fsp3) is 0.833. The van der Waals surface area contributed by atoms with E-state index in [0.29, 0.717) is 37.8 Å². The molecule has 2 rings (SSSR count). The summed E-state index contributed by atoms with van der Waals surface area (Å²) in [5.41, 5.74) is 0. The zero-order valence-corrected chi connectivity index (χ0v) is 15.8. The lowest BCUT2D eigenvalue weighted by Gasteiger charge is -2.17. The first kappa shape index (κ1) is 19.7. The van der Waals surface area contributed by atoms with E-state index in [4.69, 9.17) is 13.8 Å². The molecule has 0 aliphatic heterocycles. The monoisotopic (exact) mass is 358 g/mol. The van der Waals surface area contributed by atoms with Crippen molar-refractivity contribution in [1.29, 1.82) is 0 Å². The van der Waals surface area contributed by atoms with Gasteiger partial charge in [0.05, 0.1) is 31.9 Å². The Morgan fingerprint density at radius 2 is 1.75 bits per heavy atom. The van der Waals surface area contributed by atoms with E-state index >= 15 is 0 Å². The van der Waals surface area contributed by atoms with Crippen LogP contribution in [0.3, 0.4) is 0 Å². The maximum absolute atomic E-state index is 12.3. The molecule has 0 radical (unpaired) electrons. The molecule has 0 spiro atoms. The number of carbonyl (C=O) groups excluding carboxylic acids is 1. The van der Waals surface area contributed by atoms with Crippen molar-refractivity contribution < 1.29 is 23.1 Å². The molecule has 2 bridgehead atoms. The zero-order valence-electron chi connectivity index (χ0n) is 14.9. The van der Waals surface area contributed by atoms with Crippen LogP contribution >= 0.6 is 7.60 Å². The first-order valence-electron chi connectivity index (χ1n) is 9.31. The number of esters is 1. The highest BCUT2D eigenvalue weighted by molar-refractivity contribution is 7.53. The van der Waals surface area contributed by atoms with Gasteiger partial charge in [0.15, 0.2) is 0 Å². The van der Waals surface area contributed by atoms with Crippen LogP contribution in [0.25, 0.3) is 0 Å². The SMILES string of the molecule is CCOP(=O)(CCCCCCOC(=O)C1C[C@@H]2C=CC1C2)OCC. The van der Waals surface area contributed by atoms with E-state index in [1.165, 1.54) is 0 Å². The number of hydrogen-bond acceptors (Lipinski definition) is 5. The molecule has 0 amide bonds. The van der Waals surface area contributed by atoms with Crippen molar-refractivity contribution in [3.05, 3.63) is 12.2 Å². The molecule has 2 aliphatic rings. The highest BCUT2D eigenvalue weighted by Gasteiger charge is 2.40. The van der Waals surface area contributed by atoms with E-state index in [1.807, 2.05) is 13.8 Å². The van der Waals surface area contributed by atoms with Gasteiger partial charge in [-0.1, -0.05) is 25.0 Å².